The van der Waals surface area contributed by atoms with Crippen LogP contribution < -0.4 is 19.9 Å². The number of ether oxygens (including phenoxy) is 1. The van der Waals surface area contributed by atoms with Gasteiger partial charge < -0.3 is 19.9 Å². The summed E-state index contributed by atoms with van der Waals surface area (Å²) in [4.78, 5) is 37.1. The monoisotopic (exact) mass is 566 g/mol. The second-order valence-corrected chi connectivity index (χ2v) is 9.52. The average Bonchev–Trinajstić information content (AvgIpc) is 2.96. The van der Waals surface area contributed by atoms with Crippen LogP contribution in [0.4, 0.5) is 35.0 Å². The van der Waals surface area contributed by atoms with Gasteiger partial charge in [0.2, 0.25) is 17.7 Å². The number of hydrogen-bond acceptors (Lipinski definition) is 9. The van der Waals surface area contributed by atoms with E-state index in [0.29, 0.717) is 42.5 Å². The summed E-state index contributed by atoms with van der Waals surface area (Å²) in [6.45, 7) is 0.877. The van der Waals surface area contributed by atoms with Gasteiger partial charge in [0.05, 0.1) is 18.1 Å². The number of rotatable bonds is 6. The molecule has 3 aromatic heterocycles. The van der Waals surface area contributed by atoms with E-state index < -0.39 is 18.0 Å². The SMILES string of the molecule is CN1c2nc(NCc3ccc(Oc4cnc(C(F)(F)F)nc4)nc3)nc3c2N(CCC3)C(=O)[C@@H]1c1ccc(F)cc1. The number of nitrogens with one attached hydrogen (secondary N) is 1. The van der Waals surface area contributed by atoms with Crippen molar-refractivity contribution >= 4 is 23.4 Å². The molecule has 4 aromatic rings. The number of nitrogens with zero attached hydrogens (tertiary/aromatic N) is 7. The van der Waals surface area contributed by atoms with Crippen LogP contribution in [-0.4, -0.2) is 44.4 Å². The molecule has 0 aliphatic carbocycles. The van der Waals surface area contributed by atoms with Gasteiger partial charge >= 0.3 is 6.18 Å². The molecular weight excluding hydrogens is 544 g/mol. The number of likely N-dealkylation sites (N-methyl/N-ethyl adjacent to an activating group) is 1. The molecule has 14 heteroatoms. The van der Waals surface area contributed by atoms with Crippen LogP contribution in [0.3, 0.4) is 0 Å². The number of aromatic nitrogens is 5. The Hall–Kier alpha value is -4.88. The van der Waals surface area contributed by atoms with Crippen molar-refractivity contribution in [3.05, 3.63) is 83.5 Å². The van der Waals surface area contributed by atoms with Gasteiger partial charge in [0.1, 0.15) is 17.5 Å². The maximum absolute atomic E-state index is 13.6. The first-order valence-corrected chi connectivity index (χ1v) is 12.6. The van der Waals surface area contributed by atoms with E-state index in [4.69, 9.17) is 9.72 Å². The van der Waals surface area contributed by atoms with E-state index in [2.05, 4.69) is 25.3 Å². The zero-order chi connectivity index (χ0) is 28.7. The lowest BCUT2D eigenvalue weighted by Crippen LogP contribution is -2.49. The van der Waals surface area contributed by atoms with Crippen LogP contribution in [0.2, 0.25) is 0 Å². The number of carbonyl (C=O) groups is 1. The van der Waals surface area contributed by atoms with Gasteiger partial charge in [-0.15, -0.1) is 0 Å². The molecule has 0 bridgehead atoms. The number of carbonyl (C=O) groups excluding carboxylic acids is 1. The van der Waals surface area contributed by atoms with E-state index in [1.54, 1.807) is 47.3 Å². The van der Waals surface area contributed by atoms with Crippen molar-refractivity contribution < 1.29 is 27.1 Å². The Morgan fingerprint density at radius 1 is 1.02 bits per heavy atom. The quantitative estimate of drug-likeness (QED) is 0.333. The Labute approximate surface area is 231 Å². The summed E-state index contributed by atoms with van der Waals surface area (Å²) >= 11 is 0. The average molecular weight is 567 g/mol. The topological polar surface area (TPSA) is 109 Å². The molecule has 41 heavy (non-hydrogen) atoms. The minimum absolute atomic E-state index is 0.0170. The van der Waals surface area contributed by atoms with Crippen LogP contribution in [-0.2, 0) is 23.9 Å². The Morgan fingerprint density at radius 3 is 2.46 bits per heavy atom. The highest BCUT2D eigenvalue weighted by Gasteiger charge is 2.41. The van der Waals surface area contributed by atoms with Gasteiger partial charge in [-0.1, -0.05) is 18.2 Å². The molecule has 2 aliphatic heterocycles. The number of anilines is 3. The lowest BCUT2D eigenvalue weighted by Gasteiger charge is -2.42. The smallest absolute Gasteiger partial charge is 0.436 e. The van der Waals surface area contributed by atoms with E-state index in [1.165, 1.54) is 12.1 Å². The molecule has 1 aromatic carbocycles. The van der Waals surface area contributed by atoms with Gasteiger partial charge in [0, 0.05) is 32.4 Å². The summed E-state index contributed by atoms with van der Waals surface area (Å²) in [5, 5.41) is 3.20. The standard InChI is InChI=1S/C27H22F4N8O2/c1-38-21(16-5-7-17(28)8-6-16)24(40)39-10-2-3-19-22(39)23(38)37-26(36-19)35-12-15-4-9-20(32-11-15)41-18-13-33-25(34-14-18)27(29,30)31/h4-9,11,13-14,21H,2-3,10,12H2,1H3,(H,35,36,37)/t21-/m0/s1. The van der Waals surface area contributed by atoms with Crippen LogP contribution in [0.5, 0.6) is 11.6 Å². The molecule has 210 valence electrons. The molecule has 0 spiro atoms. The first kappa shape index (κ1) is 26.3. The Balaban J connectivity index is 1.18. The fourth-order valence-electron chi connectivity index (χ4n) is 4.84. The highest BCUT2D eigenvalue weighted by molar-refractivity contribution is 6.06. The lowest BCUT2D eigenvalue weighted by atomic mass is 9.97. The van der Waals surface area contributed by atoms with Crippen molar-refractivity contribution in [3.8, 4) is 11.6 Å². The molecule has 1 N–H and O–H groups in total. The number of aryl methyl sites for hydroxylation is 1. The van der Waals surface area contributed by atoms with Crippen molar-refractivity contribution in [2.24, 2.45) is 0 Å². The molecule has 0 radical (unpaired) electrons. The minimum Gasteiger partial charge on any atom is -0.436 e. The molecule has 0 saturated carbocycles. The number of hydrogen-bond donors (Lipinski definition) is 1. The molecular formula is C27H22F4N8O2. The maximum Gasteiger partial charge on any atom is 0.451 e. The van der Waals surface area contributed by atoms with Gasteiger partial charge in [-0.3, -0.25) is 4.79 Å². The number of benzene rings is 1. The summed E-state index contributed by atoms with van der Waals surface area (Å²) in [7, 11) is 1.79. The number of halogens is 4. The molecule has 0 saturated heterocycles. The van der Waals surface area contributed by atoms with Crippen LogP contribution in [0.1, 0.15) is 35.1 Å². The summed E-state index contributed by atoms with van der Waals surface area (Å²) < 4.78 is 56.9. The third kappa shape index (κ3) is 5.19. The third-order valence-electron chi connectivity index (χ3n) is 6.76. The normalized spacial score (nSPS) is 16.4. The van der Waals surface area contributed by atoms with Crippen LogP contribution in [0.15, 0.2) is 55.0 Å². The molecule has 5 heterocycles. The second-order valence-electron chi connectivity index (χ2n) is 9.52. The Kier molecular flexibility index (Phi) is 6.59. The molecule has 6 rings (SSSR count). The van der Waals surface area contributed by atoms with Gasteiger partial charge in [-0.25, -0.2) is 24.3 Å². The largest absolute Gasteiger partial charge is 0.451 e. The Morgan fingerprint density at radius 2 is 1.78 bits per heavy atom. The molecule has 1 atom stereocenters. The van der Waals surface area contributed by atoms with E-state index in [-0.39, 0.29) is 23.4 Å². The maximum atomic E-state index is 13.6. The lowest BCUT2D eigenvalue weighted by molar-refractivity contribution is -0.145. The predicted molar refractivity (Wildman–Crippen MR) is 139 cm³/mol. The highest BCUT2D eigenvalue weighted by Crippen LogP contribution is 2.44. The van der Waals surface area contributed by atoms with Crippen LogP contribution >= 0.6 is 0 Å². The van der Waals surface area contributed by atoms with Crippen molar-refractivity contribution in [1.29, 1.82) is 0 Å². The van der Waals surface area contributed by atoms with Crippen molar-refractivity contribution in [1.82, 2.24) is 24.9 Å². The Bertz CT molecular complexity index is 1580. The molecule has 0 unspecified atom stereocenters. The summed E-state index contributed by atoms with van der Waals surface area (Å²) in [6, 6.07) is 8.54. The second kappa shape index (κ2) is 10.3. The molecule has 10 nitrogen and oxygen atoms in total. The van der Waals surface area contributed by atoms with Gasteiger partial charge in [-0.2, -0.15) is 18.2 Å². The zero-order valence-corrected chi connectivity index (χ0v) is 21.6. The van der Waals surface area contributed by atoms with Gasteiger partial charge in [-0.05, 0) is 36.1 Å². The molecule has 0 fully saturated rings. The first-order chi connectivity index (χ1) is 19.7. The van der Waals surface area contributed by atoms with E-state index in [0.717, 1.165) is 30.1 Å². The number of amides is 1. The van der Waals surface area contributed by atoms with Gasteiger partial charge in [0.15, 0.2) is 11.6 Å². The fourth-order valence-corrected chi connectivity index (χ4v) is 4.84. The van der Waals surface area contributed by atoms with E-state index in [9.17, 15) is 22.4 Å². The van der Waals surface area contributed by atoms with E-state index >= 15 is 0 Å². The summed E-state index contributed by atoms with van der Waals surface area (Å²) in [5.74, 6) is -0.582. The van der Waals surface area contributed by atoms with Crippen molar-refractivity contribution in [2.45, 2.75) is 31.6 Å². The summed E-state index contributed by atoms with van der Waals surface area (Å²) in [5.41, 5.74) is 2.90. The number of pyridine rings is 1. The summed E-state index contributed by atoms with van der Waals surface area (Å²) in [6.07, 6.45) is 0.218. The molecule has 1 amide bonds. The van der Waals surface area contributed by atoms with Crippen LogP contribution in [0, 0.1) is 5.82 Å². The zero-order valence-electron chi connectivity index (χ0n) is 21.6. The molecule has 2 aliphatic rings. The van der Waals surface area contributed by atoms with E-state index in [1.807, 2.05) is 0 Å². The predicted octanol–water partition coefficient (Wildman–Crippen LogP) is 4.69. The van der Waals surface area contributed by atoms with Gasteiger partial charge in [0.25, 0.3) is 5.91 Å². The third-order valence-corrected chi connectivity index (χ3v) is 6.76. The first-order valence-electron chi connectivity index (χ1n) is 12.6. The minimum atomic E-state index is -4.64. The fraction of sp³-hybridized carbons (Fsp3) is 0.259. The van der Waals surface area contributed by atoms with Crippen molar-refractivity contribution in [2.75, 3.05) is 28.7 Å². The number of alkyl halides is 3. The van der Waals surface area contributed by atoms with Crippen molar-refractivity contribution in [3.63, 3.8) is 0 Å². The van der Waals surface area contributed by atoms with Crippen LogP contribution in [0.25, 0.3) is 0 Å². The highest BCUT2D eigenvalue weighted by atomic mass is 19.4.